The van der Waals surface area contributed by atoms with Crippen molar-refractivity contribution >= 4 is 5.97 Å². The molecule has 0 amide bonds. The second-order valence-electron chi connectivity index (χ2n) is 4.32. The number of nitrogens with one attached hydrogen (secondary N) is 1. The Morgan fingerprint density at radius 2 is 2.26 bits per heavy atom. The number of aromatic nitrogens is 2. The minimum absolute atomic E-state index is 0.0607. The smallest absolute Gasteiger partial charge is 0.337 e. The van der Waals surface area contributed by atoms with Crippen LogP contribution in [-0.2, 0) is 14.3 Å². The van der Waals surface area contributed by atoms with E-state index in [0.29, 0.717) is 5.56 Å². The van der Waals surface area contributed by atoms with Crippen molar-refractivity contribution in [3.63, 3.8) is 0 Å². The molecule has 1 fully saturated rings. The summed E-state index contributed by atoms with van der Waals surface area (Å²) in [5, 5.41) is 9.72. The Morgan fingerprint density at radius 1 is 1.58 bits per heavy atom. The van der Waals surface area contributed by atoms with Gasteiger partial charge in [0.2, 0.25) is 0 Å². The summed E-state index contributed by atoms with van der Waals surface area (Å²) < 4.78 is 10.9. The fraction of sp³-hybridized carbons (Fsp3) is 0.545. The van der Waals surface area contributed by atoms with Crippen LogP contribution in [-0.4, -0.2) is 39.9 Å². The largest absolute Gasteiger partial charge is 0.467 e. The number of methoxy groups -OCH3 is 1. The molecule has 19 heavy (non-hydrogen) atoms. The van der Waals surface area contributed by atoms with Gasteiger partial charge < -0.3 is 14.6 Å². The molecule has 3 unspecified atom stereocenters. The van der Waals surface area contributed by atoms with Gasteiger partial charge in [-0.3, -0.25) is 14.3 Å². The van der Waals surface area contributed by atoms with Gasteiger partial charge in [-0.2, -0.15) is 0 Å². The third-order valence-electron chi connectivity index (χ3n) is 2.99. The lowest BCUT2D eigenvalue weighted by Crippen LogP contribution is -2.34. The van der Waals surface area contributed by atoms with Crippen molar-refractivity contribution in [2.24, 2.45) is 0 Å². The van der Waals surface area contributed by atoms with E-state index < -0.39 is 35.7 Å². The van der Waals surface area contributed by atoms with Crippen LogP contribution in [0.2, 0.25) is 0 Å². The highest BCUT2D eigenvalue weighted by molar-refractivity contribution is 5.75. The van der Waals surface area contributed by atoms with Gasteiger partial charge in [0.1, 0.15) is 6.23 Å². The molecule has 8 nitrogen and oxygen atoms in total. The van der Waals surface area contributed by atoms with E-state index in [1.807, 2.05) is 0 Å². The third-order valence-corrected chi connectivity index (χ3v) is 2.99. The molecule has 0 saturated carbocycles. The van der Waals surface area contributed by atoms with Gasteiger partial charge in [0, 0.05) is 18.2 Å². The van der Waals surface area contributed by atoms with Gasteiger partial charge in [-0.25, -0.2) is 9.59 Å². The maximum Gasteiger partial charge on any atom is 0.337 e. The molecule has 0 radical (unpaired) electrons. The Hall–Kier alpha value is -1.93. The molecular formula is C11H14N2O6. The quantitative estimate of drug-likeness (QED) is 0.644. The molecule has 1 saturated heterocycles. The average Bonchev–Trinajstić information content (AvgIpc) is 2.75. The summed E-state index contributed by atoms with van der Waals surface area (Å²) >= 11 is 0. The summed E-state index contributed by atoms with van der Waals surface area (Å²) in [6.07, 6.45) is -1.61. The van der Waals surface area contributed by atoms with E-state index in [1.165, 1.54) is 20.2 Å². The molecule has 3 atom stereocenters. The minimum atomic E-state index is -1.13. The van der Waals surface area contributed by atoms with Crippen molar-refractivity contribution in [3.8, 4) is 0 Å². The van der Waals surface area contributed by atoms with Crippen molar-refractivity contribution in [3.05, 3.63) is 32.6 Å². The van der Waals surface area contributed by atoms with Crippen LogP contribution in [0.1, 0.15) is 18.2 Å². The van der Waals surface area contributed by atoms with Gasteiger partial charge in [-0.05, 0) is 6.92 Å². The highest BCUT2D eigenvalue weighted by Gasteiger charge is 2.40. The second-order valence-corrected chi connectivity index (χ2v) is 4.32. The number of esters is 1. The fourth-order valence-corrected chi connectivity index (χ4v) is 1.95. The number of hydrogen-bond acceptors (Lipinski definition) is 6. The normalized spacial score (nSPS) is 26.4. The molecule has 1 aliphatic rings. The van der Waals surface area contributed by atoms with E-state index in [0.717, 1.165) is 4.57 Å². The number of aryl methyl sites for hydroxylation is 1. The average molecular weight is 270 g/mol. The Kier molecular flexibility index (Phi) is 3.54. The molecule has 1 aliphatic heterocycles. The summed E-state index contributed by atoms with van der Waals surface area (Å²) in [6.45, 7) is 1.54. The van der Waals surface area contributed by atoms with E-state index >= 15 is 0 Å². The van der Waals surface area contributed by atoms with E-state index in [1.54, 1.807) is 0 Å². The van der Waals surface area contributed by atoms with Gasteiger partial charge in [0.15, 0.2) is 6.10 Å². The van der Waals surface area contributed by atoms with Gasteiger partial charge in [-0.1, -0.05) is 0 Å². The molecule has 2 N–H and O–H groups in total. The molecule has 0 spiro atoms. The summed E-state index contributed by atoms with van der Waals surface area (Å²) in [4.78, 5) is 36.4. The first kappa shape index (κ1) is 13.5. The number of rotatable bonds is 2. The summed E-state index contributed by atoms with van der Waals surface area (Å²) in [5.74, 6) is -0.704. The first-order valence-corrected chi connectivity index (χ1v) is 5.67. The molecule has 8 heteroatoms. The Bertz CT molecular complexity index is 604. The number of ether oxygens (including phenoxy) is 2. The fourth-order valence-electron chi connectivity index (χ4n) is 1.95. The van der Waals surface area contributed by atoms with Crippen LogP contribution in [0.5, 0.6) is 0 Å². The van der Waals surface area contributed by atoms with Crippen LogP contribution in [0.25, 0.3) is 0 Å². The van der Waals surface area contributed by atoms with Gasteiger partial charge in [-0.15, -0.1) is 0 Å². The van der Waals surface area contributed by atoms with E-state index in [2.05, 4.69) is 9.72 Å². The zero-order valence-corrected chi connectivity index (χ0v) is 10.5. The molecule has 0 aliphatic carbocycles. The van der Waals surface area contributed by atoms with Gasteiger partial charge in [0.05, 0.1) is 13.2 Å². The molecule has 0 aromatic carbocycles. The summed E-state index contributed by atoms with van der Waals surface area (Å²) in [5.41, 5.74) is -0.804. The van der Waals surface area contributed by atoms with Crippen molar-refractivity contribution in [2.45, 2.75) is 31.8 Å². The zero-order valence-electron chi connectivity index (χ0n) is 10.5. The topological polar surface area (TPSA) is 111 Å². The van der Waals surface area contributed by atoms with E-state index in [-0.39, 0.29) is 6.42 Å². The molecule has 0 bridgehead atoms. The van der Waals surface area contributed by atoms with Crippen molar-refractivity contribution in [1.82, 2.24) is 9.55 Å². The lowest BCUT2D eigenvalue weighted by Gasteiger charge is -2.14. The highest BCUT2D eigenvalue weighted by atomic mass is 16.6. The van der Waals surface area contributed by atoms with Gasteiger partial charge in [0.25, 0.3) is 5.56 Å². The minimum Gasteiger partial charge on any atom is -0.467 e. The van der Waals surface area contributed by atoms with E-state index in [9.17, 15) is 19.5 Å². The first-order chi connectivity index (χ1) is 8.93. The molecule has 104 valence electrons. The molecular weight excluding hydrogens is 256 g/mol. The molecule has 1 aromatic rings. The van der Waals surface area contributed by atoms with Crippen LogP contribution in [0, 0.1) is 6.92 Å². The maximum atomic E-state index is 11.7. The van der Waals surface area contributed by atoms with Crippen LogP contribution in [0.4, 0.5) is 0 Å². The lowest BCUT2D eigenvalue weighted by molar-refractivity contribution is -0.159. The first-order valence-electron chi connectivity index (χ1n) is 5.67. The van der Waals surface area contributed by atoms with Crippen LogP contribution >= 0.6 is 0 Å². The highest BCUT2D eigenvalue weighted by Crippen LogP contribution is 2.28. The monoisotopic (exact) mass is 270 g/mol. The maximum absolute atomic E-state index is 11.7. The van der Waals surface area contributed by atoms with Crippen molar-refractivity contribution < 1.29 is 19.4 Å². The van der Waals surface area contributed by atoms with Crippen LogP contribution < -0.4 is 11.2 Å². The van der Waals surface area contributed by atoms with E-state index in [4.69, 9.17) is 4.74 Å². The second kappa shape index (κ2) is 4.98. The number of carbonyl (C=O) groups is 1. The zero-order chi connectivity index (χ0) is 14.2. The SMILES string of the molecule is COC(=O)C1OC(n2cc(C)c(=O)[nH]c2=O)CC1O. The number of aliphatic hydroxyl groups excluding tert-OH is 1. The standard InChI is InChI=1S/C11H14N2O6/c1-5-4-13(11(17)12-9(5)15)7-3-6(14)8(19-7)10(16)18-2/h4,6-8,14H,3H2,1-2H3,(H,12,15,17). The lowest BCUT2D eigenvalue weighted by atomic mass is 10.2. The Labute approximate surface area is 107 Å². The van der Waals surface area contributed by atoms with Crippen LogP contribution in [0.3, 0.4) is 0 Å². The number of aromatic amines is 1. The van der Waals surface area contributed by atoms with Crippen molar-refractivity contribution in [2.75, 3.05) is 7.11 Å². The Balaban J connectivity index is 2.30. The predicted octanol–water partition coefficient (Wildman–Crippen LogP) is -1.33. The summed E-state index contributed by atoms with van der Waals surface area (Å²) in [7, 11) is 1.18. The predicted molar refractivity (Wildman–Crippen MR) is 62.6 cm³/mol. The number of hydrogen-bond donors (Lipinski definition) is 2. The van der Waals surface area contributed by atoms with Crippen molar-refractivity contribution in [1.29, 1.82) is 0 Å². The number of H-pyrrole nitrogens is 1. The molecule has 2 rings (SSSR count). The number of nitrogens with zero attached hydrogens (tertiary/aromatic N) is 1. The number of carbonyl (C=O) groups excluding carboxylic acids is 1. The molecule has 1 aromatic heterocycles. The Morgan fingerprint density at radius 3 is 2.89 bits per heavy atom. The van der Waals surface area contributed by atoms with Crippen LogP contribution in [0.15, 0.2) is 15.8 Å². The number of aliphatic hydroxyl groups is 1. The summed E-state index contributed by atoms with van der Waals surface area (Å²) in [6, 6.07) is 0. The molecule has 2 heterocycles. The van der Waals surface area contributed by atoms with Gasteiger partial charge >= 0.3 is 11.7 Å². The third kappa shape index (κ3) is 2.45.